The molecule has 0 aliphatic carbocycles. The van der Waals surface area contributed by atoms with Gasteiger partial charge in [0, 0.05) is 37.5 Å². The molecule has 0 spiro atoms. The van der Waals surface area contributed by atoms with Crippen LogP contribution in [0.5, 0.6) is 0 Å². The number of hydrogen-bond donors (Lipinski definition) is 0. The average Bonchev–Trinajstić information content (AvgIpc) is 3.49. The van der Waals surface area contributed by atoms with Gasteiger partial charge in [-0.1, -0.05) is 30.3 Å². The molecule has 0 unspecified atom stereocenters. The van der Waals surface area contributed by atoms with Gasteiger partial charge >= 0.3 is 0 Å². The molecule has 4 aromatic rings. The molecule has 0 saturated carbocycles. The number of aromatic nitrogens is 7. The van der Waals surface area contributed by atoms with E-state index >= 15 is 0 Å². The molecule has 2 aromatic carbocycles. The largest absolute Gasteiger partial charge is 0.326 e. The molecule has 0 N–H and O–H groups in total. The van der Waals surface area contributed by atoms with Crippen molar-refractivity contribution in [2.24, 2.45) is 0 Å². The van der Waals surface area contributed by atoms with Crippen molar-refractivity contribution in [1.29, 1.82) is 0 Å². The average molecular weight is 433 g/mol. The van der Waals surface area contributed by atoms with Crippen LogP contribution in [0.3, 0.4) is 0 Å². The normalized spacial score (nSPS) is 11.4. The van der Waals surface area contributed by atoms with E-state index < -0.39 is 0 Å². The quantitative estimate of drug-likeness (QED) is 0.424. The molecule has 4 heterocycles. The minimum atomic E-state index is -0.172. The van der Waals surface area contributed by atoms with Crippen LogP contribution in [-0.4, -0.2) is 34.1 Å². The maximum Gasteiger partial charge on any atom is 0.282 e. The summed E-state index contributed by atoms with van der Waals surface area (Å²) in [5.74, 6) is 0. The number of fused-ring (bicyclic) bond motifs is 3. The molecule has 2 aliphatic rings. The number of rotatable bonds is 4. The Labute approximate surface area is 188 Å². The van der Waals surface area contributed by atoms with Crippen molar-refractivity contribution in [3.8, 4) is 22.6 Å². The number of pyridine rings is 1. The summed E-state index contributed by atoms with van der Waals surface area (Å²) in [6, 6.07) is 17.7. The van der Waals surface area contributed by atoms with Gasteiger partial charge < -0.3 is 4.57 Å². The van der Waals surface area contributed by atoms with Gasteiger partial charge in [0.15, 0.2) is 5.65 Å². The van der Waals surface area contributed by atoms with Gasteiger partial charge in [-0.05, 0) is 42.3 Å². The van der Waals surface area contributed by atoms with E-state index in [1.54, 1.807) is 18.6 Å². The minimum absolute atomic E-state index is 0.172. The van der Waals surface area contributed by atoms with Crippen LogP contribution in [0.1, 0.15) is 11.1 Å². The molecule has 0 saturated heterocycles. The highest BCUT2D eigenvalue weighted by molar-refractivity contribution is 5.88. The van der Waals surface area contributed by atoms with Crippen LogP contribution in [0, 0.1) is 6.92 Å². The minimum Gasteiger partial charge on any atom is -0.326 e. The first-order valence-electron chi connectivity index (χ1n) is 10.6. The van der Waals surface area contributed by atoms with Crippen LogP contribution < -0.4 is 5.56 Å². The Kier molecular flexibility index (Phi) is 4.36. The van der Waals surface area contributed by atoms with Crippen molar-refractivity contribution in [1.82, 2.24) is 34.1 Å². The summed E-state index contributed by atoms with van der Waals surface area (Å²) in [4.78, 5) is 22.4. The fraction of sp³-hybridized carbons (Fsp3) is 0.0800. The second kappa shape index (κ2) is 7.52. The lowest BCUT2D eigenvalue weighted by atomic mass is 10.1. The summed E-state index contributed by atoms with van der Waals surface area (Å²) in [7, 11) is 0. The van der Waals surface area contributed by atoms with Crippen molar-refractivity contribution in [3.63, 3.8) is 0 Å². The highest BCUT2D eigenvalue weighted by Crippen LogP contribution is 2.26. The Morgan fingerprint density at radius 2 is 1.73 bits per heavy atom. The van der Waals surface area contributed by atoms with Gasteiger partial charge in [0.25, 0.3) is 5.56 Å². The van der Waals surface area contributed by atoms with Crippen LogP contribution in [-0.2, 0) is 6.54 Å². The van der Waals surface area contributed by atoms with Crippen molar-refractivity contribution in [2.45, 2.75) is 13.5 Å². The molecule has 0 fully saturated rings. The molecule has 33 heavy (non-hydrogen) atoms. The molecule has 8 heteroatoms. The van der Waals surface area contributed by atoms with E-state index in [2.05, 4.69) is 20.2 Å². The summed E-state index contributed by atoms with van der Waals surface area (Å²) in [6.07, 6.45) is 8.77. The number of benzene rings is 2. The monoisotopic (exact) mass is 433 g/mol. The first-order chi connectivity index (χ1) is 16.2. The van der Waals surface area contributed by atoms with Gasteiger partial charge in [-0.3, -0.25) is 4.79 Å². The lowest BCUT2D eigenvalue weighted by Gasteiger charge is -2.12. The lowest BCUT2D eigenvalue weighted by Crippen LogP contribution is -2.16. The third-order valence-electron chi connectivity index (χ3n) is 5.74. The summed E-state index contributed by atoms with van der Waals surface area (Å²) in [6.45, 7) is 2.51. The highest BCUT2D eigenvalue weighted by Gasteiger charge is 2.22. The van der Waals surface area contributed by atoms with Crippen molar-refractivity contribution >= 4 is 11.2 Å². The molecule has 0 atom stereocenters. The maximum absolute atomic E-state index is 13.3. The number of aryl methyl sites for hydroxylation is 1. The van der Waals surface area contributed by atoms with Crippen molar-refractivity contribution in [2.75, 3.05) is 0 Å². The Bertz CT molecular complexity index is 1610. The zero-order valence-electron chi connectivity index (χ0n) is 17.8. The SMILES string of the molecule is Cc1ccccc1-n1nc2c3nccnc3n(Cc3ccc(-n4cccn4)cc3)cc-2c1=O. The molecule has 0 radical (unpaired) electrons. The topological polar surface area (TPSA) is 83.4 Å². The summed E-state index contributed by atoms with van der Waals surface area (Å²) >= 11 is 0. The predicted molar refractivity (Wildman–Crippen MR) is 125 cm³/mol. The molecule has 8 nitrogen and oxygen atoms in total. The third-order valence-corrected chi connectivity index (χ3v) is 5.74. The van der Waals surface area contributed by atoms with Gasteiger partial charge in [-0.25, -0.2) is 14.6 Å². The van der Waals surface area contributed by atoms with Gasteiger partial charge in [-0.15, -0.1) is 0 Å². The zero-order chi connectivity index (χ0) is 22.4. The second-order valence-corrected chi connectivity index (χ2v) is 7.87. The molecular formula is C25H19N7O. The fourth-order valence-corrected chi connectivity index (χ4v) is 4.09. The van der Waals surface area contributed by atoms with E-state index in [-0.39, 0.29) is 5.56 Å². The Morgan fingerprint density at radius 3 is 2.52 bits per heavy atom. The van der Waals surface area contributed by atoms with Crippen molar-refractivity contribution < 1.29 is 0 Å². The Morgan fingerprint density at radius 1 is 0.909 bits per heavy atom. The number of para-hydroxylation sites is 1. The van der Waals surface area contributed by atoms with Crippen LogP contribution in [0.15, 0.2) is 90.4 Å². The van der Waals surface area contributed by atoms with Gasteiger partial charge in [-0.2, -0.15) is 14.9 Å². The van der Waals surface area contributed by atoms with Crippen LogP contribution in [0.4, 0.5) is 0 Å². The zero-order valence-corrected chi connectivity index (χ0v) is 17.8. The Balaban J connectivity index is 1.48. The number of hydrogen-bond acceptors (Lipinski definition) is 5. The lowest BCUT2D eigenvalue weighted by molar-refractivity contribution is 0.810. The van der Waals surface area contributed by atoms with E-state index in [1.165, 1.54) is 4.68 Å². The van der Waals surface area contributed by atoms with Crippen LogP contribution in [0.25, 0.3) is 33.8 Å². The van der Waals surface area contributed by atoms with Crippen LogP contribution in [0.2, 0.25) is 0 Å². The molecule has 2 aliphatic heterocycles. The smallest absolute Gasteiger partial charge is 0.282 e. The van der Waals surface area contributed by atoms with E-state index in [0.29, 0.717) is 29.0 Å². The van der Waals surface area contributed by atoms with E-state index in [9.17, 15) is 4.79 Å². The second-order valence-electron chi connectivity index (χ2n) is 7.87. The standard InChI is InChI=1S/C25H19N7O/c1-17-5-2-3-6-21(17)32-25(33)20-16-30(24-23(22(20)29-32)26-12-13-27-24)15-18-7-9-19(10-8-18)31-14-4-11-28-31/h2-14,16H,15H2,1H3. The first-order valence-corrected chi connectivity index (χ1v) is 10.6. The molecule has 0 bridgehead atoms. The molecule has 0 amide bonds. The molecule has 6 rings (SSSR count). The first kappa shape index (κ1) is 19.1. The maximum atomic E-state index is 13.3. The fourth-order valence-electron chi connectivity index (χ4n) is 4.09. The summed E-state index contributed by atoms with van der Waals surface area (Å²) < 4.78 is 5.23. The van der Waals surface area contributed by atoms with E-state index in [4.69, 9.17) is 0 Å². The van der Waals surface area contributed by atoms with Crippen LogP contribution >= 0.6 is 0 Å². The molecule has 2 aromatic heterocycles. The molecule has 160 valence electrons. The third kappa shape index (κ3) is 3.20. The number of nitrogens with zero attached hydrogens (tertiary/aromatic N) is 7. The highest BCUT2D eigenvalue weighted by atomic mass is 16.1. The summed E-state index contributed by atoms with van der Waals surface area (Å²) in [5.41, 5.74) is 5.96. The Hall–Kier alpha value is -4.59. The van der Waals surface area contributed by atoms with Gasteiger partial charge in [0.1, 0.15) is 11.2 Å². The van der Waals surface area contributed by atoms with Gasteiger partial charge in [0.05, 0.1) is 16.9 Å². The summed E-state index contributed by atoms with van der Waals surface area (Å²) in [5, 5.41) is 8.91. The van der Waals surface area contributed by atoms with E-state index in [0.717, 1.165) is 22.5 Å². The predicted octanol–water partition coefficient (Wildman–Crippen LogP) is 3.62. The molecular weight excluding hydrogens is 414 g/mol. The van der Waals surface area contributed by atoms with Gasteiger partial charge in [0.2, 0.25) is 0 Å². The van der Waals surface area contributed by atoms with Crippen molar-refractivity contribution in [3.05, 3.63) is 107 Å². The van der Waals surface area contributed by atoms with E-state index in [1.807, 2.05) is 83.2 Å².